The summed E-state index contributed by atoms with van der Waals surface area (Å²) in [7, 11) is -1.33. The molecule has 2 aliphatic heterocycles. The van der Waals surface area contributed by atoms with Gasteiger partial charge in [-0.15, -0.1) is 0 Å². The molecule has 1 aromatic carbocycles. The van der Waals surface area contributed by atoms with Crippen molar-refractivity contribution in [1.29, 1.82) is 0 Å². The van der Waals surface area contributed by atoms with E-state index < -0.39 is 20.1 Å². The van der Waals surface area contributed by atoms with Crippen LogP contribution in [0.2, 0.25) is 18.6 Å². The van der Waals surface area contributed by atoms with Crippen LogP contribution in [-0.4, -0.2) is 39.2 Å². The maximum absolute atomic E-state index is 15.1. The van der Waals surface area contributed by atoms with Crippen LogP contribution in [0.15, 0.2) is 18.2 Å². The molecule has 1 spiro atoms. The third kappa shape index (κ3) is 2.46. The van der Waals surface area contributed by atoms with Crippen LogP contribution in [0, 0.1) is 9.49 Å². The number of carbonyl (C=O) groups excluding carboxylic acids is 1. The topological polar surface area (TPSA) is 49.8 Å². The zero-order chi connectivity index (χ0) is 17.9. The van der Waals surface area contributed by atoms with E-state index in [1.54, 1.807) is 25.0 Å². The summed E-state index contributed by atoms with van der Waals surface area (Å²) in [6, 6.07) is 5.85. The number of aliphatic hydroxyl groups excluding tert-OH is 1. The summed E-state index contributed by atoms with van der Waals surface area (Å²) in [5.41, 5.74) is 0.199. The van der Waals surface area contributed by atoms with E-state index in [0.717, 1.165) is 14.8 Å². The van der Waals surface area contributed by atoms with Crippen molar-refractivity contribution in [2.24, 2.45) is 5.92 Å². The predicted octanol–water partition coefficient (Wildman–Crippen LogP) is 3.43. The zero-order valence-electron chi connectivity index (χ0n) is 14.3. The number of fused-ring (bicyclic) bond motifs is 2. The Morgan fingerprint density at radius 1 is 1.46 bits per heavy atom. The summed E-state index contributed by atoms with van der Waals surface area (Å²) in [5, 5.41) is 9.40. The van der Waals surface area contributed by atoms with E-state index in [1.807, 2.05) is 25.1 Å². The summed E-state index contributed by atoms with van der Waals surface area (Å²) >= 11 is 2.22. The maximum Gasteiger partial charge on any atom is 0.264 e. The van der Waals surface area contributed by atoms with Crippen LogP contribution < -0.4 is 4.90 Å². The van der Waals surface area contributed by atoms with Crippen molar-refractivity contribution in [2.75, 3.05) is 18.6 Å². The highest BCUT2D eigenvalue weighted by molar-refractivity contribution is 14.1. The molecule has 4 nitrogen and oxygen atoms in total. The van der Waals surface area contributed by atoms with Crippen molar-refractivity contribution < 1.29 is 18.7 Å². The van der Waals surface area contributed by atoms with Gasteiger partial charge in [-0.3, -0.25) is 4.79 Å². The molecule has 0 aliphatic carbocycles. The average molecular weight is 463 g/mol. The van der Waals surface area contributed by atoms with Crippen LogP contribution in [0.1, 0.15) is 18.9 Å². The highest BCUT2D eigenvalue weighted by Crippen LogP contribution is 2.59. The Balaban J connectivity index is 2.17. The average Bonchev–Trinajstić information content (AvgIpc) is 2.88. The molecule has 0 unspecified atom stereocenters. The minimum absolute atomic E-state index is 0.0718. The largest absolute Gasteiger partial charge is 0.396 e. The molecule has 132 valence electrons. The fourth-order valence-electron chi connectivity index (χ4n) is 4.52. The zero-order valence-corrected chi connectivity index (χ0v) is 17.5. The molecule has 4 atom stereocenters. The minimum atomic E-state index is -3.08. The molecular formula is C17H23FINO3Si. The van der Waals surface area contributed by atoms with Gasteiger partial charge in [0.25, 0.3) is 5.91 Å². The molecule has 1 amide bonds. The van der Waals surface area contributed by atoms with Gasteiger partial charge in [-0.1, -0.05) is 6.92 Å². The van der Waals surface area contributed by atoms with Gasteiger partial charge >= 0.3 is 0 Å². The van der Waals surface area contributed by atoms with Gasteiger partial charge in [-0.25, -0.2) is 0 Å². The van der Waals surface area contributed by atoms with Gasteiger partial charge in [0.05, 0.1) is 11.8 Å². The molecule has 1 aromatic rings. The monoisotopic (exact) mass is 463 g/mol. The summed E-state index contributed by atoms with van der Waals surface area (Å²) < 4.78 is 22.4. The van der Waals surface area contributed by atoms with Crippen LogP contribution >= 0.6 is 22.6 Å². The van der Waals surface area contributed by atoms with Crippen molar-refractivity contribution in [1.82, 2.24) is 0 Å². The lowest BCUT2D eigenvalue weighted by Crippen LogP contribution is -2.44. The highest BCUT2D eigenvalue weighted by Gasteiger charge is 2.66. The number of nitrogens with zero attached hydrogens (tertiary/aromatic N) is 1. The molecule has 0 aromatic heterocycles. The molecular weight excluding hydrogens is 440 g/mol. The molecule has 1 fully saturated rings. The molecule has 24 heavy (non-hydrogen) atoms. The van der Waals surface area contributed by atoms with Gasteiger partial charge in [0, 0.05) is 34.2 Å². The Hall–Kier alpha value is -0.513. The quantitative estimate of drug-likeness (QED) is 0.425. The second kappa shape index (κ2) is 6.03. The summed E-state index contributed by atoms with van der Waals surface area (Å²) in [6.45, 7) is 5.19. The SMILES string of the molecule is C[C@@H]1[C@@H]([Si](C)(C)F)[C@H](CCO)O[C@@]12C(=O)N(C)c1ccc(I)cc12. The van der Waals surface area contributed by atoms with E-state index in [4.69, 9.17) is 4.74 Å². The Morgan fingerprint density at radius 3 is 2.71 bits per heavy atom. The molecule has 0 radical (unpaired) electrons. The maximum atomic E-state index is 15.1. The molecule has 2 heterocycles. The van der Waals surface area contributed by atoms with Gasteiger partial charge < -0.3 is 18.9 Å². The Labute approximate surface area is 156 Å². The van der Waals surface area contributed by atoms with Crippen LogP contribution in [0.3, 0.4) is 0 Å². The number of ether oxygens (including phenoxy) is 1. The molecule has 3 rings (SSSR count). The number of amides is 1. The van der Waals surface area contributed by atoms with Crippen LogP contribution in [0.4, 0.5) is 9.80 Å². The lowest BCUT2D eigenvalue weighted by atomic mass is 9.82. The predicted molar refractivity (Wildman–Crippen MR) is 102 cm³/mol. The minimum Gasteiger partial charge on any atom is -0.396 e. The van der Waals surface area contributed by atoms with Crippen molar-refractivity contribution in [3.63, 3.8) is 0 Å². The Morgan fingerprint density at radius 2 is 2.12 bits per heavy atom. The molecule has 1 N–H and O–H groups in total. The van der Waals surface area contributed by atoms with E-state index in [2.05, 4.69) is 22.6 Å². The van der Waals surface area contributed by atoms with Crippen molar-refractivity contribution in [3.8, 4) is 0 Å². The normalized spacial score (nSPS) is 32.7. The summed E-state index contributed by atoms with van der Waals surface area (Å²) in [6.07, 6.45) is -0.0780. The first kappa shape index (κ1) is 18.3. The number of aliphatic hydroxyl groups is 1. The van der Waals surface area contributed by atoms with Crippen molar-refractivity contribution in [3.05, 3.63) is 27.3 Å². The third-order valence-corrected chi connectivity index (χ3v) is 8.59. The Bertz CT molecular complexity index is 680. The van der Waals surface area contributed by atoms with Crippen LogP contribution in [0.25, 0.3) is 0 Å². The first-order valence-electron chi connectivity index (χ1n) is 8.20. The molecule has 0 saturated carbocycles. The van der Waals surface area contributed by atoms with Gasteiger partial charge in [-0.2, -0.15) is 0 Å². The second-order valence-electron chi connectivity index (χ2n) is 7.31. The number of carbonyl (C=O) groups is 1. The summed E-state index contributed by atoms with van der Waals surface area (Å²) in [4.78, 5) is 14.8. The number of halogens is 2. The van der Waals surface area contributed by atoms with E-state index >= 15 is 4.11 Å². The fourth-order valence-corrected chi connectivity index (χ4v) is 7.56. The van der Waals surface area contributed by atoms with E-state index in [0.29, 0.717) is 6.42 Å². The highest BCUT2D eigenvalue weighted by atomic mass is 127. The number of likely N-dealkylation sites (N-methyl/N-ethyl adjacent to an activating group) is 1. The second-order valence-corrected chi connectivity index (χ2v) is 12.3. The van der Waals surface area contributed by atoms with Crippen molar-refractivity contribution >= 4 is 42.6 Å². The number of hydrogen-bond acceptors (Lipinski definition) is 3. The molecule has 1 saturated heterocycles. The van der Waals surface area contributed by atoms with Gasteiger partial charge in [0.2, 0.25) is 8.41 Å². The number of anilines is 1. The van der Waals surface area contributed by atoms with Gasteiger partial charge in [-0.05, 0) is 60.3 Å². The number of hydrogen-bond donors (Lipinski definition) is 1. The lowest BCUT2D eigenvalue weighted by molar-refractivity contribution is -0.146. The van der Waals surface area contributed by atoms with Gasteiger partial charge in [0.1, 0.15) is 0 Å². The smallest absolute Gasteiger partial charge is 0.264 e. The number of benzene rings is 1. The van der Waals surface area contributed by atoms with E-state index in [1.165, 1.54) is 0 Å². The Kier molecular flexibility index (Phi) is 4.60. The lowest BCUT2D eigenvalue weighted by Gasteiger charge is -2.31. The third-order valence-electron chi connectivity index (χ3n) is 5.47. The fraction of sp³-hybridized carbons (Fsp3) is 0.588. The molecule has 7 heteroatoms. The molecule has 2 aliphatic rings. The van der Waals surface area contributed by atoms with Crippen LogP contribution in [-0.2, 0) is 15.1 Å². The van der Waals surface area contributed by atoms with Crippen molar-refractivity contribution in [2.45, 2.75) is 43.7 Å². The first-order chi connectivity index (χ1) is 11.1. The van der Waals surface area contributed by atoms with E-state index in [9.17, 15) is 9.90 Å². The van der Waals surface area contributed by atoms with Crippen LogP contribution in [0.5, 0.6) is 0 Å². The van der Waals surface area contributed by atoms with Gasteiger partial charge in [0.15, 0.2) is 5.60 Å². The van der Waals surface area contributed by atoms with E-state index in [-0.39, 0.29) is 24.0 Å². The summed E-state index contributed by atoms with van der Waals surface area (Å²) in [5.74, 6) is -0.397. The molecule has 0 bridgehead atoms. The number of rotatable bonds is 3. The first-order valence-corrected chi connectivity index (χ1v) is 12.2. The standard InChI is InChI=1S/C17H23FINO3Si/c1-10-15(24(3,4)18)14(7-8-21)23-17(10)12-9-11(19)5-6-13(12)20(2)16(17)22/h5-6,9-10,14-15,21H,7-8H2,1-4H3/t10-,14+,15-,17+/m1/s1.